The molecule has 3 heteroatoms. The molecule has 2 aliphatic rings. The zero-order valence-corrected chi connectivity index (χ0v) is 22.3. The van der Waals surface area contributed by atoms with Crippen LogP contribution in [-0.4, -0.2) is 19.3 Å². The summed E-state index contributed by atoms with van der Waals surface area (Å²) in [6.07, 6.45) is 4.52. The second kappa shape index (κ2) is 9.55. The van der Waals surface area contributed by atoms with E-state index >= 15 is 0 Å². The molecule has 0 N–H and O–H groups in total. The van der Waals surface area contributed by atoms with Gasteiger partial charge in [-0.1, -0.05) is 97.1 Å². The number of hydrogen-bond donors (Lipinski definition) is 0. The van der Waals surface area contributed by atoms with Gasteiger partial charge in [0.15, 0.2) is 7.85 Å². The van der Waals surface area contributed by atoms with E-state index in [0.29, 0.717) is 12.8 Å². The second-order valence-electron chi connectivity index (χ2n) is 11.3. The molecule has 0 saturated heterocycles. The molecule has 0 bridgehead atoms. The highest BCUT2D eigenvalue weighted by Gasteiger charge is 2.48. The highest BCUT2D eigenvalue weighted by molar-refractivity contribution is 6.57. The molecule has 4 aromatic rings. The van der Waals surface area contributed by atoms with Gasteiger partial charge in [0.05, 0.1) is 5.68 Å². The van der Waals surface area contributed by atoms with Crippen molar-refractivity contribution in [3.63, 3.8) is 0 Å². The van der Waals surface area contributed by atoms with E-state index in [1.54, 1.807) is 14.8 Å². The Hall–Kier alpha value is -3.72. The van der Waals surface area contributed by atoms with E-state index in [2.05, 4.69) is 97.1 Å². The first-order chi connectivity index (χ1) is 18.5. The lowest BCUT2D eigenvalue weighted by Gasteiger charge is -2.39. The fourth-order valence-corrected chi connectivity index (χ4v) is 7.36. The smallest absolute Gasteiger partial charge is 0.187 e. The Balaban J connectivity index is 1.52. The van der Waals surface area contributed by atoms with E-state index in [9.17, 15) is 9.59 Å². The van der Waals surface area contributed by atoms with Crippen LogP contribution < -0.4 is 0 Å². The van der Waals surface area contributed by atoms with Crippen LogP contribution >= 0.6 is 0 Å². The summed E-state index contributed by atoms with van der Waals surface area (Å²) in [6.45, 7) is 1.71. The van der Waals surface area contributed by atoms with E-state index in [1.807, 2.05) is 0 Å². The van der Waals surface area contributed by atoms with Gasteiger partial charge in [0, 0.05) is 17.3 Å². The summed E-state index contributed by atoms with van der Waals surface area (Å²) in [4.78, 5) is 24.7. The van der Waals surface area contributed by atoms with E-state index in [1.165, 1.54) is 44.5 Å². The number of rotatable bonds is 9. The van der Waals surface area contributed by atoms with E-state index < -0.39 is 0 Å². The summed E-state index contributed by atoms with van der Waals surface area (Å²) in [6, 6.07) is 35.0. The third-order valence-corrected chi connectivity index (χ3v) is 9.14. The number of ketones is 1. The summed E-state index contributed by atoms with van der Waals surface area (Å²) in [5.74, 6) is 0.231. The number of carbonyl (C=O) groups is 2. The summed E-state index contributed by atoms with van der Waals surface area (Å²) in [5, 5.41) is 0. The molecule has 0 spiro atoms. The SMILES string of the molecule is BC(=O)CCC1(CCC2(CCC(C)=O)c3ccccc3-c3ccccc32)c2ccccc2-c2ccccc21. The maximum atomic E-state index is 12.4. The second-order valence-corrected chi connectivity index (χ2v) is 11.3. The Morgan fingerprint density at radius 3 is 1.16 bits per heavy atom. The zero-order chi connectivity index (χ0) is 26.3. The number of fused-ring (bicyclic) bond motifs is 6. The molecular formula is C35H33BO2. The minimum absolute atomic E-state index is 0.231. The van der Waals surface area contributed by atoms with Gasteiger partial charge in [-0.15, -0.1) is 0 Å². The maximum absolute atomic E-state index is 12.4. The van der Waals surface area contributed by atoms with E-state index in [-0.39, 0.29) is 22.3 Å². The van der Waals surface area contributed by atoms with Crippen LogP contribution in [0.3, 0.4) is 0 Å². The molecule has 0 fully saturated rings. The first-order valence-corrected chi connectivity index (χ1v) is 13.8. The van der Waals surface area contributed by atoms with Crippen LogP contribution in [0.2, 0.25) is 0 Å². The molecule has 4 aromatic carbocycles. The highest BCUT2D eigenvalue weighted by Crippen LogP contribution is 2.58. The molecule has 0 aliphatic heterocycles. The molecule has 0 heterocycles. The summed E-state index contributed by atoms with van der Waals surface area (Å²) in [7, 11) is 1.71. The number of carbonyl (C=O) groups excluding carboxylic acids is 2. The average molecular weight is 496 g/mol. The Labute approximate surface area is 226 Å². The average Bonchev–Trinajstić information content (AvgIpc) is 3.38. The molecule has 0 radical (unpaired) electrons. The third-order valence-electron chi connectivity index (χ3n) is 9.14. The molecule has 2 aliphatic carbocycles. The number of benzene rings is 4. The lowest BCUT2D eigenvalue weighted by molar-refractivity contribution is -0.117. The maximum Gasteiger partial charge on any atom is 0.187 e. The summed E-state index contributed by atoms with van der Waals surface area (Å²) < 4.78 is 0. The van der Waals surface area contributed by atoms with Gasteiger partial charge in [0.2, 0.25) is 0 Å². The Kier molecular flexibility index (Phi) is 6.18. The predicted molar refractivity (Wildman–Crippen MR) is 157 cm³/mol. The molecule has 188 valence electrons. The van der Waals surface area contributed by atoms with Crippen molar-refractivity contribution in [1.82, 2.24) is 0 Å². The van der Waals surface area contributed by atoms with Gasteiger partial charge in [-0.25, -0.2) is 0 Å². The zero-order valence-electron chi connectivity index (χ0n) is 22.3. The van der Waals surface area contributed by atoms with Gasteiger partial charge in [-0.2, -0.15) is 0 Å². The van der Waals surface area contributed by atoms with Gasteiger partial charge in [0.1, 0.15) is 5.78 Å². The van der Waals surface area contributed by atoms with Crippen LogP contribution in [0.4, 0.5) is 0 Å². The summed E-state index contributed by atoms with van der Waals surface area (Å²) >= 11 is 0. The van der Waals surface area contributed by atoms with Crippen LogP contribution in [0, 0.1) is 0 Å². The molecule has 38 heavy (non-hydrogen) atoms. The van der Waals surface area contributed by atoms with Crippen LogP contribution in [0.25, 0.3) is 22.3 Å². The van der Waals surface area contributed by atoms with Crippen molar-refractivity contribution in [1.29, 1.82) is 0 Å². The highest BCUT2D eigenvalue weighted by atomic mass is 16.1. The molecule has 0 saturated carbocycles. The third kappa shape index (κ3) is 3.79. The predicted octanol–water partition coefficient (Wildman–Crippen LogP) is 7.01. The Morgan fingerprint density at radius 1 is 0.526 bits per heavy atom. The Bertz CT molecular complexity index is 1340. The topological polar surface area (TPSA) is 34.1 Å². The van der Waals surface area contributed by atoms with E-state index in [0.717, 1.165) is 25.7 Å². The van der Waals surface area contributed by atoms with Gasteiger partial charge in [0.25, 0.3) is 0 Å². The van der Waals surface area contributed by atoms with Gasteiger partial charge < -0.3 is 9.59 Å². The van der Waals surface area contributed by atoms with Gasteiger partial charge in [-0.3, -0.25) is 0 Å². The quantitative estimate of drug-likeness (QED) is 0.234. The fraction of sp³-hybridized carbons (Fsp3) is 0.257. The molecular weight excluding hydrogens is 463 g/mol. The number of Topliss-reactive ketones (excluding diaryl/α,β-unsaturated/α-hetero) is 1. The van der Waals surface area contributed by atoms with Crippen LogP contribution in [0.15, 0.2) is 97.1 Å². The van der Waals surface area contributed by atoms with Crippen molar-refractivity contribution in [2.24, 2.45) is 0 Å². The van der Waals surface area contributed by atoms with E-state index in [4.69, 9.17) is 0 Å². The van der Waals surface area contributed by atoms with Crippen molar-refractivity contribution >= 4 is 19.3 Å². The lowest BCUT2D eigenvalue weighted by Crippen LogP contribution is -2.33. The van der Waals surface area contributed by atoms with Crippen LogP contribution in [0.1, 0.15) is 67.7 Å². The van der Waals surface area contributed by atoms with Crippen molar-refractivity contribution in [2.45, 2.75) is 56.3 Å². The number of hydrogen-bond acceptors (Lipinski definition) is 2. The molecule has 0 atom stereocenters. The summed E-state index contributed by atoms with van der Waals surface area (Å²) in [5.41, 5.74) is 10.2. The largest absolute Gasteiger partial charge is 0.312 e. The fourth-order valence-electron chi connectivity index (χ4n) is 7.36. The standard InChI is InChI=1S/C35H33BO2/c1-24(37)18-20-34(29-14-6-2-10-25(29)26-11-3-7-15-30(26)34)22-23-35(21-19-33(36)38)31-16-8-4-12-27(31)28-13-5-9-17-32(28)35/h2-17H,18-23,36H2,1H3. The van der Waals surface area contributed by atoms with Crippen molar-refractivity contribution in [3.8, 4) is 22.3 Å². The van der Waals surface area contributed by atoms with Gasteiger partial charge >= 0.3 is 0 Å². The van der Waals surface area contributed by atoms with Gasteiger partial charge in [-0.05, 0) is 83.5 Å². The molecule has 0 amide bonds. The minimum Gasteiger partial charge on any atom is -0.312 e. The monoisotopic (exact) mass is 496 g/mol. The van der Waals surface area contributed by atoms with Crippen LogP contribution in [0.5, 0.6) is 0 Å². The first kappa shape index (κ1) is 24.6. The van der Waals surface area contributed by atoms with Crippen molar-refractivity contribution < 1.29 is 9.59 Å². The minimum atomic E-state index is -0.242. The first-order valence-electron chi connectivity index (χ1n) is 13.8. The van der Waals surface area contributed by atoms with Crippen molar-refractivity contribution in [3.05, 3.63) is 119 Å². The molecule has 0 aromatic heterocycles. The van der Waals surface area contributed by atoms with Crippen LogP contribution in [-0.2, 0) is 20.4 Å². The Morgan fingerprint density at radius 2 is 0.842 bits per heavy atom. The molecule has 6 rings (SSSR count). The van der Waals surface area contributed by atoms with Crippen molar-refractivity contribution in [2.75, 3.05) is 0 Å². The normalized spacial score (nSPS) is 15.3. The molecule has 0 unspecified atom stereocenters. The molecule has 2 nitrogen and oxygen atoms in total. The lowest BCUT2D eigenvalue weighted by atomic mass is 9.64.